The van der Waals surface area contributed by atoms with Gasteiger partial charge in [-0.25, -0.2) is 0 Å². The first-order valence-corrected chi connectivity index (χ1v) is 7.34. The summed E-state index contributed by atoms with van der Waals surface area (Å²) in [7, 11) is 0. The van der Waals surface area contributed by atoms with Crippen LogP contribution in [0.15, 0.2) is 23.1 Å². The van der Waals surface area contributed by atoms with Gasteiger partial charge in [0.25, 0.3) is 5.91 Å². The van der Waals surface area contributed by atoms with Crippen LogP contribution < -0.4 is 10.9 Å². The molecule has 0 radical (unpaired) electrons. The van der Waals surface area contributed by atoms with Gasteiger partial charge in [-0.05, 0) is 42.1 Å². The maximum Gasteiger partial charge on any atom is 0.252 e. The molecule has 0 aromatic carbocycles. The Labute approximate surface area is 119 Å². The van der Waals surface area contributed by atoms with Gasteiger partial charge in [-0.2, -0.15) is 0 Å². The highest BCUT2D eigenvalue weighted by Gasteiger charge is 2.61. The van der Waals surface area contributed by atoms with Crippen molar-refractivity contribution >= 4 is 5.91 Å². The Bertz CT molecular complexity index is 584. The zero-order chi connectivity index (χ0) is 14.5. The number of nitrogens with one attached hydrogen (secondary N) is 2. The maximum absolute atomic E-state index is 12.3. The zero-order valence-electron chi connectivity index (χ0n) is 12.3. The molecule has 2 aliphatic carbocycles. The molecule has 0 saturated heterocycles. The average Bonchev–Trinajstić information content (AvgIpc) is 2.72. The fourth-order valence-corrected chi connectivity index (χ4v) is 4.22. The van der Waals surface area contributed by atoms with Gasteiger partial charge in [0, 0.05) is 18.3 Å². The molecule has 0 unspecified atom stereocenters. The number of rotatable bonds is 2. The molecule has 1 amide bonds. The van der Waals surface area contributed by atoms with Crippen LogP contribution >= 0.6 is 0 Å². The molecule has 1 aromatic rings. The van der Waals surface area contributed by atoms with E-state index in [9.17, 15) is 9.59 Å². The van der Waals surface area contributed by atoms with Crippen molar-refractivity contribution < 1.29 is 4.79 Å². The Morgan fingerprint density at radius 2 is 2.10 bits per heavy atom. The monoisotopic (exact) mass is 274 g/mol. The minimum atomic E-state index is -0.186. The molecule has 1 aromatic heterocycles. The van der Waals surface area contributed by atoms with Gasteiger partial charge in [-0.1, -0.05) is 20.8 Å². The second-order valence-electron chi connectivity index (χ2n) is 7.08. The molecule has 4 nitrogen and oxygen atoms in total. The first-order chi connectivity index (χ1) is 9.34. The van der Waals surface area contributed by atoms with Gasteiger partial charge in [0.15, 0.2) is 0 Å². The minimum Gasteiger partial charge on any atom is -0.349 e. The van der Waals surface area contributed by atoms with E-state index in [0.29, 0.717) is 11.5 Å². The number of hydrogen-bond acceptors (Lipinski definition) is 2. The Kier molecular flexibility index (Phi) is 2.82. The molecular formula is C16H22N2O2. The van der Waals surface area contributed by atoms with Crippen molar-refractivity contribution in [2.24, 2.45) is 16.7 Å². The van der Waals surface area contributed by atoms with Gasteiger partial charge >= 0.3 is 0 Å². The summed E-state index contributed by atoms with van der Waals surface area (Å²) < 4.78 is 0. The molecule has 0 spiro atoms. The summed E-state index contributed by atoms with van der Waals surface area (Å²) in [5.41, 5.74) is 0.800. The minimum absolute atomic E-state index is 0.0872. The second-order valence-corrected chi connectivity index (χ2v) is 7.08. The van der Waals surface area contributed by atoms with Crippen LogP contribution in [-0.4, -0.2) is 16.9 Å². The molecule has 0 aliphatic heterocycles. The van der Waals surface area contributed by atoms with Crippen molar-refractivity contribution in [2.45, 2.75) is 46.1 Å². The van der Waals surface area contributed by atoms with Gasteiger partial charge in [0.2, 0.25) is 5.56 Å². The Balaban J connectivity index is 1.78. The average molecular weight is 274 g/mol. The summed E-state index contributed by atoms with van der Waals surface area (Å²) in [4.78, 5) is 25.9. The Morgan fingerprint density at radius 1 is 1.35 bits per heavy atom. The maximum atomic E-state index is 12.3. The van der Waals surface area contributed by atoms with Crippen molar-refractivity contribution in [3.63, 3.8) is 0 Å². The number of carbonyl (C=O) groups is 1. The third-order valence-electron chi connectivity index (χ3n) is 6.15. The van der Waals surface area contributed by atoms with Crippen LogP contribution in [0.25, 0.3) is 0 Å². The molecule has 2 saturated carbocycles. The van der Waals surface area contributed by atoms with Gasteiger partial charge < -0.3 is 10.3 Å². The van der Waals surface area contributed by atoms with Crippen LogP contribution in [0.5, 0.6) is 0 Å². The molecule has 3 atom stereocenters. The third-order valence-corrected chi connectivity index (χ3v) is 6.15. The highest BCUT2D eigenvalue weighted by atomic mass is 16.2. The fraction of sp³-hybridized carbons (Fsp3) is 0.625. The van der Waals surface area contributed by atoms with Gasteiger partial charge in [0.05, 0.1) is 5.56 Å². The van der Waals surface area contributed by atoms with E-state index in [2.05, 4.69) is 31.1 Å². The second kappa shape index (κ2) is 4.21. The standard InChI is InChI=1S/C16H22N2O2/c1-15(2)11-6-7-16(15,3)12(8-11)18-14(20)10-4-5-13(19)17-9-10/h4-5,9,11-12H,6-8H2,1-3H3,(H,17,19)(H,18,20)/t11-,12+,16-/m0/s1. The molecule has 2 fully saturated rings. The van der Waals surface area contributed by atoms with Gasteiger partial charge in [-0.3, -0.25) is 9.59 Å². The van der Waals surface area contributed by atoms with Gasteiger partial charge in [0.1, 0.15) is 0 Å². The molecule has 2 N–H and O–H groups in total. The molecule has 1 heterocycles. The first-order valence-electron chi connectivity index (χ1n) is 7.34. The summed E-state index contributed by atoms with van der Waals surface area (Å²) in [6.07, 6.45) is 5.01. The normalized spacial score (nSPS) is 34.1. The van der Waals surface area contributed by atoms with Crippen LogP contribution in [0, 0.1) is 16.7 Å². The van der Waals surface area contributed by atoms with E-state index in [4.69, 9.17) is 0 Å². The lowest BCUT2D eigenvalue weighted by Gasteiger charge is -2.39. The van der Waals surface area contributed by atoms with E-state index >= 15 is 0 Å². The molecular weight excluding hydrogens is 252 g/mol. The quantitative estimate of drug-likeness (QED) is 0.869. The Morgan fingerprint density at radius 3 is 2.60 bits per heavy atom. The van der Waals surface area contributed by atoms with E-state index in [1.165, 1.54) is 25.1 Å². The van der Waals surface area contributed by atoms with Gasteiger partial charge in [-0.15, -0.1) is 0 Å². The van der Waals surface area contributed by atoms with Crippen LogP contribution in [0.1, 0.15) is 50.4 Å². The number of pyridine rings is 1. The van der Waals surface area contributed by atoms with Crippen molar-refractivity contribution in [3.8, 4) is 0 Å². The lowest BCUT2D eigenvalue weighted by molar-refractivity contribution is 0.0826. The summed E-state index contributed by atoms with van der Waals surface area (Å²) in [6, 6.07) is 3.20. The number of H-pyrrole nitrogens is 1. The van der Waals surface area contributed by atoms with Crippen molar-refractivity contribution in [1.82, 2.24) is 10.3 Å². The van der Waals surface area contributed by atoms with E-state index < -0.39 is 0 Å². The van der Waals surface area contributed by atoms with Crippen LogP contribution in [-0.2, 0) is 0 Å². The van der Waals surface area contributed by atoms with Crippen molar-refractivity contribution in [2.75, 3.05) is 0 Å². The summed E-state index contributed by atoms with van der Waals surface area (Å²) in [5.74, 6) is 0.615. The molecule has 108 valence electrons. The largest absolute Gasteiger partial charge is 0.349 e. The SMILES string of the molecule is CC1(C)[C@H]2CC[C@@]1(C)[C@H](NC(=O)c1ccc(=O)[nH]c1)C2. The lowest BCUT2D eigenvalue weighted by atomic mass is 9.69. The summed E-state index contributed by atoms with van der Waals surface area (Å²) in [6.45, 7) is 6.96. The van der Waals surface area contributed by atoms with Crippen molar-refractivity contribution in [1.29, 1.82) is 0 Å². The number of hydrogen-bond donors (Lipinski definition) is 2. The zero-order valence-corrected chi connectivity index (χ0v) is 12.3. The summed E-state index contributed by atoms with van der Waals surface area (Å²) in [5, 5.41) is 3.18. The number of amides is 1. The van der Waals surface area contributed by atoms with E-state index in [1.807, 2.05) is 0 Å². The predicted molar refractivity (Wildman–Crippen MR) is 77.5 cm³/mol. The summed E-state index contributed by atoms with van der Waals surface area (Å²) >= 11 is 0. The third kappa shape index (κ3) is 1.74. The molecule has 2 aliphatic rings. The molecule has 4 heteroatoms. The Hall–Kier alpha value is -1.58. The number of carbonyl (C=O) groups excluding carboxylic acids is 1. The molecule has 2 bridgehead atoms. The highest BCUT2D eigenvalue weighted by Crippen LogP contribution is 2.65. The molecule has 20 heavy (non-hydrogen) atoms. The number of aromatic amines is 1. The topological polar surface area (TPSA) is 62.0 Å². The smallest absolute Gasteiger partial charge is 0.252 e. The molecule has 3 rings (SSSR count). The predicted octanol–water partition coefficient (Wildman–Crippen LogP) is 2.32. The van der Waals surface area contributed by atoms with Crippen LogP contribution in [0.4, 0.5) is 0 Å². The van der Waals surface area contributed by atoms with E-state index in [1.54, 1.807) is 6.07 Å². The first kappa shape index (κ1) is 13.4. The highest BCUT2D eigenvalue weighted by molar-refractivity contribution is 5.94. The van der Waals surface area contributed by atoms with E-state index in [0.717, 1.165) is 6.42 Å². The van der Waals surface area contributed by atoms with Crippen molar-refractivity contribution in [3.05, 3.63) is 34.2 Å². The fourth-order valence-electron chi connectivity index (χ4n) is 4.22. The van der Waals surface area contributed by atoms with E-state index in [-0.39, 0.29) is 28.3 Å². The van der Waals surface area contributed by atoms with Crippen LogP contribution in [0.2, 0.25) is 0 Å². The van der Waals surface area contributed by atoms with Crippen LogP contribution in [0.3, 0.4) is 0 Å². The lowest BCUT2D eigenvalue weighted by Crippen LogP contribution is -2.46. The number of aromatic nitrogens is 1. The number of fused-ring (bicyclic) bond motifs is 2.